The van der Waals surface area contributed by atoms with Crippen molar-refractivity contribution in [2.75, 3.05) is 0 Å². The van der Waals surface area contributed by atoms with Gasteiger partial charge >= 0.3 is 11.9 Å². The second kappa shape index (κ2) is 7.25. The Hall–Kier alpha value is -2.41. The summed E-state index contributed by atoms with van der Waals surface area (Å²) in [4.78, 5) is 33.2. The molecule has 0 unspecified atom stereocenters. The van der Waals surface area contributed by atoms with Gasteiger partial charge in [-0.3, -0.25) is 9.59 Å². The molecule has 1 aromatic carbocycles. The Bertz CT molecular complexity index is 498. The minimum Gasteiger partial charge on any atom is -0.481 e. The van der Waals surface area contributed by atoms with E-state index in [4.69, 9.17) is 15.9 Å². The van der Waals surface area contributed by atoms with Crippen LogP contribution in [0, 0.1) is 0 Å². The molecule has 1 aromatic rings. The summed E-state index contributed by atoms with van der Waals surface area (Å²) >= 11 is 0. The third kappa shape index (κ3) is 4.69. The van der Waals surface area contributed by atoms with Crippen molar-refractivity contribution in [1.29, 1.82) is 0 Å². The molecule has 0 aromatic heterocycles. The summed E-state index contributed by atoms with van der Waals surface area (Å²) in [5.74, 6) is -2.94. The Labute approximate surface area is 115 Å². The van der Waals surface area contributed by atoms with Crippen molar-refractivity contribution in [2.24, 2.45) is 5.73 Å². The van der Waals surface area contributed by atoms with E-state index in [0.717, 1.165) is 5.56 Å². The van der Waals surface area contributed by atoms with E-state index in [-0.39, 0.29) is 12.8 Å². The van der Waals surface area contributed by atoms with Crippen molar-refractivity contribution in [3.05, 3.63) is 35.4 Å². The van der Waals surface area contributed by atoms with Gasteiger partial charge in [-0.05, 0) is 24.1 Å². The van der Waals surface area contributed by atoms with E-state index in [1.54, 1.807) is 12.1 Å². The number of carbonyl (C=O) groups excluding carboxylic acids is 1. The highest BCUT2D eigenvalue weighted by Crippen LogP contribution is 2.05. The molecule has 7 heteroatoms. The first-order valence-electron chi connectivity index (χ1n) is 5.98. The van der Waals surface area contributed by atoms with Crippen molar-refractivity contribution in [1.82, 2.24) is 5.32 Å². The van der Waals surface area contributed by atoms with E-state index in [9.17, 15) is 14.4 Å². The molecular formula is C13H16N2O5. The van der Waals surface area contributed by atoms with Gasteiger partial charge in [-0.1, -0.05) is 12.1 Å². The normalized spacial score (nSPS) is 11.7. The van der Waals surface area contributed by atoms with Gasteiger partial charge in [0, 0.05) is 18.5 Å². The molecular weight excluding hydrogens is 264 g/mol. The van der Waals surface area contributed by atoms with E-state index < -0.39 is 23.9 Å². The number of aliphatic carboxylic acids is 2. The maximum absolute atomic E-state index is 11.9. The fourth-order valence-corrected chi connectivity index (χ4v) is 1.56. The molecule has 1 rings (SSSR count). The Kier molecular flexibility index (Phi) is 5.67. The average molecular weight is 280 g/mol. The Morgan fingerprint density at radius 3 is 2.20 bits per heavy atom. The fourth-order valence-electron chi connectivity index (χ4n) is 1.56. The summed E-state index contributed by atoms with van der Waals surface area (Å²) in [6.07, 6.45) is -0.499. The summed E-state index contributed by atoms with van der Waals surface area (Å²) in [6, 6.07) is 5.18. The minimum atomic E-state index is -1.27. The Morgan fingerprint density at radius 2 is 1.75 bits per heavy atom. The number of nitrogens with two attached hydrogens (primary N) is 1. The molecule has 0 spiro atoms. The van der Waals surface area contributed by atoms with Crippen molar-refractivity contribution in [2.45, 2.75) is 25.4 Å². The molecule has 0 fully saturated rings. The molecule has 1 atom stereocenters. The third-order valence-electron chi connectivity index (χ3n) is 2.70. The van der Waals surface area contributed by atoms with E-state index >= 15 is 0 Å². The average Bonchev–Trinajstić information content (AvgIpc) is 2.42. The summed E-state index contributed by atoms with van der Waals surface area (Å²) < 4.78 is 0. The van der Waals surface area contributed by atoms with Crippen LogP contribution >= 0.6 is 0 Å². The van der Waals surface area contributed by atoms with Crippen molar-refractivity contribution in [3.8, 4) is 0 Å². The molecule has 0 saturated heterocycles. The van der Waals surface area contributed by atoms with Crippen LogP contribution < -0.4 is 11.1 Å². The van der Waals surface area contributed by atoms with Crippen molar-refractivity contribution >= 4 is 17.8 Å². The molecule has 5 N–H and O–H groups in total. The number of rotatable bonds is 7. The monoisotopic (exact) mass is 280 g/mol. The van der Waals surface area contributed by atoms with Gasteiger partial charge in [-0.2, -0.15) is 0 Å². The second-order valence-corrected chi connectivity index (χ2v) is 4.20. The fraction of sp³-hybridized carbons (Fsp3) is 0.308. The molecule has 1 amide bonds. The molecule has 0 heterocycles. The lowest BCUT2D eigenvalue weighted by atomic mass is 10.1. The smallest absolute Gasteiger partial charge is 0.326 e. The predicted octanol–water partition coefficient (Wildman–Crippen LogP) is 0.193. The zero-order valence-electron chi connectivity index (χ0n) is 10.7. The van der Waals surface area contributed by atoms with Crippen LogP contribution in [-0.4, -0.2) is 34.1 Å². The summed E-state index contributed by atoms with van der Waals surface area (Å²) in [5.41, 5.74) is 6.57. The number of carbonyl (C=O) groups is 3. The number of carboxylic acid groups (broad SMARTS) is 2. The molecule has 0 saturated carbocycles. The molecule has 7 nitrogen and oxygen atoms in total. The molecule has 0 bridgehead atoms. The Morgan fingerprint density at radius 1 is 1.15 bits per heavy atom. The van der Waals surface area contributed by atoms with E-state index in [1.807, 2.05) is 0 Å². The van der Waals surface area contributed by atoms with Crippen LogP contribution in [0.25, 0.3) is 0 Å². The maximum Gasteiger partial charge on any atom is 0.326 e. The number of benzene rings is 1. The van der Waals surface area contributed by atoms with Crippen LogP contribution in [0.1, 0.15) is 28.8 Å². The van der Waals surface area contributed by atoms with Crippen LogP contribution in [0.2, 0.25) is 0 Å². The van der Waals surface area contributed by atoms with Gasteiger partial charge < -0.3 is 21.3 Å². The number of hydrogen-bond acceptors (Lipinski definition) is 4. The maximum atomic E-state index is 11.9. The van der Waals surface area contributed by atoms with Gasteiger partial charge in [-0.15, -0.1) is 0 Å². The van der Waals surface area contributed by atoms with Gasteiger partial charge in [0.2, 0.25) is 0 Å². The summed E-state index contributed by atoms with van der Waals surface area (Å²) in [7, 11) is 0. The lowest BCUT2D eigenvalue weighted by molar-refractivity contribution is -0.140. The first-order valence-corrected chi connectivity index (χ1v) is 5.98. The molecule has 20 heavy (non-hydrogen) atoms. The minimum absolute atomic E-state index is 0.169. The first kappa shape index (κ1) is 15.6. The molecule has 108 valence electrons. The highest BCUT2D eigenvalue weighted by atomic mass is 16.4. The van der Waals surface area contributed by atoms with Crippen LogP contribution in [0.4, 0.5) is 0 Å². The highest BCUT2D eigenvalue weighted by Gasteiger charge is 2.21. The molecule has 0 aliphatic heterocycles. The topological polar surface area (TPSA) is 130 Å². The second-order valence-electron chi connectivity index (χ2n) is 4.20. The number of carboxylic acids is 2. The SMILES string of the molecule is NCc1ccc(C(=O)N[C@@H](CCC(=O)O)C(=O)O)cc1. The van der Waals surface area contributed by atoms with E-state index in [2.05, 4.69) is 5.32 Å². The number of hydrogen-bond donors (Lipinski definition) is 4. The lowest BCUT2D eigenvalue weighted by Gasteiger charge is -2.13. The lowest BCUT2D eigenvalue weighted by Crippen LogP contribution is -2.41. The quantitative estimate of drug-likeness (QED) is 0.564. The standard InChI is InChI=1S/C13H16N2O5/c14-7-8-1-3-9(4-2-8)12(18)15-10(13(19)20)5-6-11(16)17/h1-4,10H,5-7,14H2,(H,15,18)(H,16,17)(H,19,20)/t10-/m0/s1. The molecule has 0 aliphatic carbocycles. The van der Waals surface area contributed by atoms with Crippen molar-refractivity contribution < 1.29 is 24.6 Å². The van der Waals surface area contributed by atoms with Gasteiger partial charge in [0.1, 0.15) is 6.04 Å². The highest BCUT2D eigenvalue weighted by molar-refractivity contribution is 5.96. The van der Waals surface area contributed by atoms with Gasteiger partial charge in [0.25, 0.3) is 5.91 Å². The van der Waals surface area contributed by atoms with Gasteiger partial charge in [0.05, 0.1) is 0 Å². The van der Waals surface area contributed by atoms with Crippen LogP contribution in [0.15, 0.2) is 24.3 Å². The van der Waals surface area contributed by atoms with Gasteiger partial charge in [-0.25, -0.2) is 4.79 Å². The largest absolute Gasteiger partial charge is 0.481 e. The van der Waals surface area contributed by atoms with E-state index in [1.165, 1.54) is 12.1 Å². The van der Waals surface area contributed by atoms with E-state index in [0.29, 0.717) is 12.1 Å². The van der Waals surface area contributed by atoms with Crippen LogP contribution in [0.3, 0.4) is 0 Å². The van der Waals surface area contributed by atoms with Crippen LogP contribution in [0.5, 0.6) is 0 Å². The summed E-state index contributed by atoms with van der Waals surface area (Å²) in [6.45, 7) is 0.345. The first-order chi connectivity index (χ1) is 9.43. The predicted molar refractivity (Wildman–Crippen MR) is 70.1 cm³/mol. The molecule has 0 aliphatic rings. The third-order valence-corrected chi connectivity index (χ3v) is 2.70. The van der Waals surface area contributed by atoms with Crippen LogP contribution in [-0.2, 0) is 16.1 Å². The number of nitrogens with one attached hydrogen (secondary N) is 1. The summed E-state index contributed by atoms with van der Waals surface area (Å²) in [5, 5.41) is 19.8. The zero-order chi connectivity index (χ0) is 15.1. The van der Waals surface area contributed by atoms with Crippen molar-refractivity contribution in [3.63, 3.8) is 0 Å². The molecule has 0 radical (unpaired) electrons. The van der Waals surface area contributed by atoms with Gasteiger partial charge in [0.15, 0.2) is 0 Å². The Balaban J connectivity index is 2.69. The number of amides is 1. The zero-order valence-corrected chi connectivity index (χ0v) is 10.7.